The van der Waals surface area contributed by atoms with E-state index in [0.717, 1.165) is 4.47 Å². The highest BCUT2D eigenvalue weighted by Crippen LogP contribution is 2.30. The average molecular weight is 395 g/mol. The molecule has 1 N–H and O–H groups in total. The molecule has 0 saturated carbocycles. The van der Waals surface area contributed by atoms with Crippen molar-refractivity contribution in [2.24, 2.45) is 0 Å². The Hall–Kier alpha value is -1.89. The van der Waals surface area contributed by atoms with Crippen molar-refractivity contribution in [1.29, 1.82) is 10.5 Å². The molecule has 3 nitrogen and oxygen atoms in total. The molecule has 0 fully saturated rings. The maximum absolute atomic E-state index is 14.1. The third-order valence-electron chi connectivity index (χ3n) is 2.57. The summed E-state index contributed by atoms with van der Waals surface area (Å²) in [7, 11) is 0. The first-order valence-electron chi connectivity index (χ1n) is 5.41. The van der Waals surface area contributed by atoms with Gasteiger partial charge in [-0.25, -0.2) is 4.39 Å². The Kier molecular flexibility index (Phi) is 4.39. The molecule has 0 radical (unpaired) electrons. The second kappa shape index (κ2) is 6.04. The molecule has 0 aliphatic rings. The zero-order valence-electron chi connectivity index (χ0n) is 9.92. The van der Waals surface area contributed by atoms with E-state index < -0.39 is 5.82 Å². The van der Waals surface area contributed by atoms with Crippen molar-refractivity contribution in [3.8, 4) is 12.1 Å². The minimum Gasteiger partial charge on any atom is -0.352 e. The molecule has 0 bridgehead atoms. The molecule has 0 saturated heterocycles. The Balaban J connectivity index is 2.44. The molecular formula is C14H6Br2FN3. The predicted octanol–water partition coefficient (Wildman–Crippen LogP) is 4.84. The molecule has 0 amide bonds. The number of nitrogens with one attached hydrogen (secondary N) is 1. The van der Waals surface area contributed by atoms with Crippen molar-refractivity contribution < 1.29 is 4.39 Å². The Labute approximate surface area is 131 Å². The second-order valence-electron chi connectivity index (χ2n) is 3.83. The number of rotatable bonds is 2. The van der Waals surface area contributed by atoms with Gasteiger partial charge in [0.2, 0.25) is 0 Å². The van der Waals surface area contributed by atoms with Gasteiger partial charge in [-0.05, 0) is 46.3 Å². The maximum atomic E-state index is 14.1. The lowest BCUT2D eigenvalue weighted by Gasteiger charge is -2.11. The molecule has 2 aromatic rings. The normalized spacial score (nSPS) is 9.65. The fourth-order valence-electron chi connectivity index (χ4n) is 1.60. The summed E-state index contributed by atoms with van der Waals surface area (Å²) in [6.07, 6.45) is 0. The van der Waals surface area contributed by atoms with Gasteiger partial charge in [0, 0.05) is 4.47 Å². The lowest BCUT2D eigenvalue weighted by Crippen LogP contribution is -1.98. The first-order valence-corrected chi connectivity index (χ1v) is 7.00. The van der Waals surface area contributed by atoms with E-state index in [1.165, 1.54) is 12.1 Å². The average Bonchev–Trinajstić information content (AvgIpc) is 2.45. The van der Waals surface area contributed by atoms with Crippen LogP contribution in [0.1, 0.15) is 11.1 Å². The van der Waals surface area contributed by atoms with Crippen LogP contribution in [0.3, 0.4) is 0 Å². The highest BCUT2D eigenvalue weighted by atomic mass is 79.9. The summed E-state index contributed by atoms with van der Waals surface area (Å²) in [5.74, 6) is -0.573. The molecule has 2 aromatic carbocycles. The van der Waals surface area contributed by atoms with E-state index in [0.29, 0.717) is 11.3 Å². The Bertz CT molecular complexity index is 760. The minimum absolute atomic E-state index is 0.0978. The number of anilines is 2. The quantitative estimate of drug-likeness (QED) is 0.792. The molecule has 0 spiro atoms. The van der Waals surface area contributed by atoms with E-state index in [1.54, 1.807) is 18.2 Å². The van der Waals surface area contributed by atoms with Gasteiger partial charge in [0.25, 0.3) is 0 Å². The highest BCUT2D eigenvalue weighted by Gasteiger charge is 2.12. The Morgan fingerprint density at radius 3 is 2.25 bits per heavy atom. The standard InChI is InChI=1S/C14H6Br2FN3/c15-10-2-4-11(9(5-10)7-19)20-12-3-1-8(6-18)13(16)14(12)17/h1-5,20H. The van der Waals surface area contributed by atoms with Gasteiger partial charge in [-0.15, -0.1) is 0 Å². The number of hydrogen-bond acceptors (Lipinski definition) is 3. The summed E-state index contributed by atoms with van der Waals surface area (Å²) >= 11 is 6.31. The topological polar surface area (TPSA) is 59.6 Å². The summed E-state index contributed by atoms with van der Waals surface area (Å²) in [5, 5.41) is 20.7. The van der Waals surface area contributed by atoms with E-state index in [-0.39, 0.29) is 15.7 Å². The molecule has 0 aromatic heterocycles. The van der Waals surface area contributed by atoms with Gasteiger partial charge in [-0.3, -0.25) is 0 Å². The van der Waals surface area contributed by atoms with Crippen LogP contribution < -0.4 is 5.32 Å². The zero-order valence-corrected chi connectivity index (χ0v) is 13.1. The molecule has 6 heteroatoms. The number of nitrogens with zero attached hydrogens (tertiary/aromatic N) is 2. The van der Waals surface area contributed by atoms with E-state index in [1.807, 2.05) is 12.1 Å². The van der Waals surface area contributed by atoms with Crippen LogP contribution in [-0.2, 0) is 0 Å². The molecule has 0 aliphatic heterocycles. The van der Waals surface area contributed by atoms with Gasteiger partial charge in [-0.1, -0.05) is 15.9 Å². The first kappa shape index (κ1) is 14.5. The summed E-state index contributed by atoms with van der Waals surface area (Å²) < 4.78 is 15.0. The van der Waals surface area contributed by atoms with Gasteiger partial charge < -0.3 is 5.32 Å². The van der Waals surface area contributed by atoms with E-state index in [4.69, 9.17) is 10.5 Å². The van der Waals surface area contributed by atoms with Crippen LogP contribution in [0, 0.1) is 28.5 Å². The molecular weight excluding hydrogens is 389 g/mol. The monoisotopic (exact) mass is 393 g/mol. The third-order valence-corrected chi connectivity index (χ3v) is 3.84. The van der Waals surface area contributed by atoms with Crippen LogP contribution in [0.2, 0.25) is 0 Å². The van der Waals surface area contributed by atoms with E-state index >= 15 is 0 Å². The van der Waals surface area contributed by atoms with Crippen LogP contribution in [0.25, 0.3) is 0 Å². The SMILES string of the molecule is N#Cc1cc(Br)ccc1Nc1ccc(C#N)c(Br)c1F. The fourth-order valence-corrected chi connectivity index (χ4v) is 2.39. The molecule has 20 heavy (non-hydrogen) atoms. The van der Waals surface area contributed by atoms with Gasteiger partial charge in [0.05, 0.1) is 27.0 Å². The van der Waals surface area contributed by atoms with Crippen molar-refractivity contribution in [1.82, 2.24) is 0 Å². The van der Waals surface area contributed by atoms with E-state index in [9.17, 15) is 4.39 Å². The fraction of sp³-hybridized carbons (Fsp3) is 0. The van der Waals surface area contributed by atoms with Crippen LogP contribution in [-0.4, -0.2) is 0 Å². The van der Waals surface area contributed by atoms with Gasteiger partial charge in [0.15, 0.2) is 5.82 Å². The molecule has 0 aliphatic carbocycles. The van der Waals surface area contributed by atoms with Crippen LogP contribution in [0.15, 0.2) is 39.3 Å². The number of halogens is 3. The van der Waals surface area contributed by atoms with Crippen LogP contribution >= 0.6 is 31.9 Å². The van der Waals surface area contributed by atoms with Crippen LogP contribution in [0.4, 0.5) is 15.8 Å². The lowest BCUT2D eigenvalue weighted by atomic mass is 10.1. The number of nitriles is 2. The summed E-state index contributed by atoms with van der Waals surface area (Å²) in [4.78, 5) is 0. The summed E-state index contributed by atoms with van der Waals surface area (Å²) in [6.45, 7) is 0. The number of benzene rings is 2. The van der Waals surface area contributed by atoms with Crippen LogP contribution in [0.5, 0.6) is 0 Å². The molecule has 0 heterocycles. The predicted molar refractivity (Wildman–Crippen MR) is 81.0 cm³/mol. The Morgan fingerprint density at radius 2 is 1.60 bits per heavy atom. The van der Waals surface area contributed by atoms with Crippen molar-refractivity contribution >= 4 is 43.2 Å². The van der Waals surface area contributed by atoms with Gasteiger partial charge >= 0.3 is 0 Å². The van der Waals surface area contributed by atoms with E-state index in [2.05, 4.69) is 37.2 Å². The van der Waals surface area contributed by atoms with Crippen molar-refractivity contribution in [3.63, 3.8) is 0 Å². The highest BCUT2D eigenvalue weighted by molar-refractivity contribution is 9.10. The van der Waals surface area contributed by atoms with Crippen molar-refractivity contribution in [2.45, 2.75) is 0 Å². The summed E-state index contributed by atoms with van der Waals surface area (Å²) in [5.41, 5.74) is 1.28. The second-order valence-corrected chi connectivity index (χ2v) is 5.54. The minimum atomic E-state index is -0.573. The number of hydrogen-bond donors (Lipinski definition) is 1. The third kappa shape index (κ3) is 2.82. The van der Waals surface area contributed by atoms with Crippen molar-refractivity contribution in [2.75, 3.05) is 5.32 Å². The molecule has 98 valence electrons. The molecule has 0 unspecified atom stereocenters. The molecule has 2 rings (SSSR count). The largest absolute Gasteiger partial charge is 0.352 e. The molecule has 0 atom stereocenters. The lowest BCUT2D eigenvalue weighted by molar-refractivity contribution is 0.624. The van der Waals surface area contributed by atoms with Gasteiger partial charge in [0.1, 0.15) is 12.1 Å². The van der Waals surface area contributed by atoms with Crippen molar-refractivity contribution in [3.05, 3.63) is 56.2 Å². The Morgan fingerprint density at radius 1 is 0.950 bits per heavy atom. The summed E-state index contributed by atoms with van der Waals surface area (Å²) in [6, 6.07) is 11.9. The zero-order chi connectivity index (χ0) is 14.7. The maximum Gasteiger partial charge on any atom is 0.162 e. The first-order chi connectivity index (χ1) is 9.56. The smallest absolute Gasteiger partial charge is 0.162 e. The van der Waals surface area contributed by atoms with Gasteiger partial charge in [-0.2, -0.15) is 10.5 Å².